The van der Waals surface area contributed by atoms with E-state index in [1.54, 1.807) is 0 Å². The number of hydrogen-bond acceptors (Lipinski definition) is 5. The summed E-state index contributed by atoms with van der Waals surface area (Å²) in [6.07, 6.45) is 8.54. The van der Waals surface area contributed by atoms with Gasteiger partial charge in [0.05, 0.1) is 37.1 Å². The standard InChI is InChI=1S/C19H34N2O3/c1-20-7-3-15(4-8-20)19(13-23-14-19)21-9-5-16(6-10-21)24-18-11-17(12-18)22-2/h15-18H,3-14H2,1-2H3. The zero-order valence-corrected chi connectivity index (χ0v) is 15.4. The van der Waals surface area contributed by atoms with Crippen LogP contribution in [0.1, 0.15) is 38.5 Å². The van der Waals surface area contributed by atoms with Gasteiger partial charge in [-0.05, 0) is 64.6 Å². The first kappa shape index (κ1) is 17.2. The van der Waals surface area contributed by atoms with Gasteiger partial charge in [0.2, 0.25) is 0 Å². The molecule has 0 aromatic rings. The molecule has 4 fully saturated rings. The van der Waals surface area contributed by atoms with E-state index in [2.05, 4.69) is 16.8 Å². The average molecular weight is 338 g/mol. The third kappa shape index (κ3) is 3.26. The topological polar surface area (TPSA) is 34.2 Å². The fraction of sp³-hybridized carbons (Fsp3) is 1.00. The van der Waals surface area contributed by atoms with Crippen LogP contribution in [0.4, 0.5) is 0 Å². The van der Waals surface area contributed by atoms with Gasteiger partial charge >= 0.3 is 0 Å². The summed E-state index contributed by atoms with van der Waals surface area (Å²) in [7, 11) is 4.06. The van der Waals surface area contributed by atoms with E-state index in [-0.39, 0.29) is 0 Å². The molecule has 1 aliphatic carbocycles. The molecule has 5 heteroatoms. The van der Waals surface area contributed by atoms with Crippen molar-refractivity contribution in [2.75, 3.05) is 53.6 Å². The molecule has 1 saturated carbocycles. The largest absolute Gasteiger partial charge is 0.381 e. The summed E-state index contributed by atoms with van der Waals surface area (Å²) in [5.74, 6) is 0.814. The highest BCUT2D eigenvalue weighted by atomic mass is 16.5. The highest BCUT2D eigenvalue weighted by Crippen LogP contribution is 2.40. The van der Waals surface area contributed by atoms with Crippen molar-refractivity contribution in [2.24, 2.45) is 5.92 Å². The predicted octanol–water partition coefficient (Wildman–Crippen LogP) is 1.76. The summed E-state index contributed by atoms with van der Waals surface area (Å²) in [5.41, 5.74) is 0.337. The minimum absolute atomic E-state index is 0.337. The zero-order chi connectivity index (χ0) is 16.6. The third-order valence-corrected chi connectivity index (χ3v) is 7.02. The zero-order valence-electron chi connectivity index (χ0n) is 15.4. The molecule has 0 N–H and O–H groups in total. The van der Waals surface area contributed by atoms with E-state index in [4.69, 9.17) is 14.2 Å². The van der Waals surface area contributed by atoms with Gasteiger partial charge in [-0.25, -0.2) is 0 Å². The Morgan fingerprint density at radius 2 is 1.54 bits per heavy atom. The number of rotatable bonds is 5. The van der Waals surface area contributed by atoms with Crippen molar-refractivity contribution < 1.29 is 14.2 Å². The number of methoxy groups -OCH3 is 1. The van der Waals surface area contributed by atoms with Gasteiger partial charge in [0.1, 0.15) is 0 Å². The Morgan fingerprint density at radius 1 is 0.875 bits per heavy atom. The second-order valence-corrected chi connectivity index (χ2v) is 8.45. The molecular formula is C19H34N2O3. The Bertz CT molecular complexity index is 407. The smallest absolute Gasteiger partial charge is 0.0708 e. The van der Waals surface area contributed by atoms with Crippen molar-refractivity contribution in [3.05, 3.63) is 0 Å². The third-order valence-electron chi connectivity index (χ3n) is 7.02. The summed E-state index contributed by atoms with van der Waals surface area (Å²) >= 11 is 0. The lowest BCUT2D eigenvalue weighted by atomic mass is 9.74. The first-order chi connectivity index (χ1) is 11.7. The van der Waals surface area contributed by atoms with E-state index in [1.807, 2.05) is 7.11 Å². The van der Waals surface area contributed by atoms with Gasteiger partial charge in [0.25, 0.3) is 0 Å². The van der Waals surface area contributed by atoms with Gasteiger partial charge < -0.3 is 19.1 Å². The number of nitrogens with zero attached hydrogens (tertiary/aromatic N) is 2. The van der Waals surface area contributed by atoms with Crippen LogP contribution < -0.4 is 0 Å². The van der Waals surface area contributed by atoms with Crippen LogP contribution in [0.5, 0.6) is 0 Å². The van der Waals surface area contributed by atoms with Crippen molar-refractivity contribution >= 4 is 0 Å². The van der Waals surface area contributed by atoms with Gasteiger partial charge in [-0.1, -0.05) is 0 Å². The van der Waals surface area contributed by atoms with Crippen LogP contribution in [0.2, 0.25) is 0 Å². The van der Waals surface area contributed by atoms with Crippen LogP contribution in [-0.4, -0.2) is 87.2 Å². The predicted molar refractivity (Wildman–Crippen MR) is 93.3 cm³/mol. The van der Waals surface area contributed by atoms with E-state index in [0.717, 1.165) is 32.0 Å². The summed E-state index contributed by atoms with van der Waals surface area (Å²) in [6, 6.07) is 0. The molecule has 0 unspecified atom stereocenters. The molecule has 0 amide bonds. The Kier molecular flexibility index (Phi) is 5.17. The normalized spacial score (nSPS) is 36.2. The number of ether oxygens (including phenoxy) is 3. The first-order valence-corrected chi connectivity index (χ1v) is 9.89. The van der Waals surface area contributed by atoms with Crippen LogP contribution in [-0.2, 0) is 14.2 Å². The van der Waals surface area contributed by atoms with Crippen LogP contribution >= 0.6 is 0 Å². The van der Waals surface area contributed by atoms with Crippen LogP contribution in [0, 0.1) is 5.92 Å². The maximum Gasteiger partial charge on any atom is 0.0708 e. The van der Waals surface area contributed by atoms with Crippen molar-refractivity contribution in [1.82, 2.24) is 9.80 Å². The molecule has 24 heavy (non-hydrogen) atoms. The summed E-state index contributed by atoms with van der Waals surface area (Å²) in [4.78, 5) is 5.22. The average Bonchev–Trinajstić information content (AvgIpc) is 2.52. The Balaban J connectivity index is 1.27. The molecule has 0 aromatic carbocycles. The highest BCUT2D eigenvalue weighted by molar-refractivity contribution is 5.04. The van der Waals surface area contributed by atoms with Gasteiger partial charge in [-0.3, -0.25) is 4.90 Å². The first-order valence-electron chi connectivity index (χ1n) is 9.89. The summed E-state index contributed by atoms with van der Waals surface area (Å²) in [6.45, 7) is 6.75. The van der Waals surface area contributed by atoms with E-state index in [0.29, 0.717) is 23.9 Å². The molecular weight excluding hydrogens is 304 g/mol. The lowest BCUT2D eigenvalue weighted by Crippen LogP contribution is -2.69. The van der Waals surface area contributed by atoms with E-state index < -0.39 is 0 Å². The molecule has 4 rings (SSSR count). The van der Waals surface area contributed by atoms with Crippen molar-refractivity contribution in [3.8, 4) is 0 Å². The highest BCUT2D eigenvalue weighted by Gasteiger charge is 2.51. The molecule has 0 spiro atoms. The number of hydrogen-bond donors (Lipinski definition) is 0. The molecule has 0 radical (unpaired) electrons. The van der Waals surface area contributed by atoms with E-state index in [9.17, 15) is 0 Å². The second-order valence-electron chi connectivity index (χ2n) is 8.45. The van der Waals surface area contributed by atoms with Gasteiger partial charge in [-0.15, -0.1) is 0 Å². The quantitative estimate of drug-likeness (QED) is 0.763. The van der Waals surface area contributed by atoms with Crippen molar-refractivity contribution in [2.45, 2.75) is 62.4 Å². The molecule has 3 saturated heterocycles. The lowest BCUT2D eigenvalue weighted by Gasteiger charge is -2.57. The molecule has 3 aliphatic heterocycles. The maximum atomic E-state index is 6.29. The summed E-state index contributed by atoms with van der Waals surface area (Å²) in [5, 5.41) is 0. The molecule has 4 aliphatic rings. The van der Waals surface area contributed by atoms with Crippen LogP contribution in [0.25, 0.3) is 0 Å². The molecule has 5 nitrogen and oxygen atoms in total. The van der Waals surface area contributed by atoms with E-state index >= 15 is 0 Å². The van der Waals surface area contributed by atoms with Gasteiger partial charge in [0, 0.05) is 20.2 Å². The minimum atomic E-state index is 0.337. The lowest BCUT2D eigenvalue weighted by molar-refractivity contribution is -0.193. The molecule has 0 bridgehead atoms. The van der Waals surface area contributed by atoms with E-state index in [1.165, 1.54) is 51.9 Å². The van der Waals surface area contributed by atoms with Crippen LogP contribution in [0.15, 0.2) is 0 Å². The molecule has 0 atom stereocenters. The van der Waals surface area contributed by atoms with Crippen molar-refractivity contribution in [3.63, 3.8) is 0 Å². The SMILES string of the molecule is COC1CC(OC2CCN(C3(C4CCN(C)CC4)COC3)CC2)C1. The Labute approximate surface area is 146 Å². The molecule has 3 heterocycles. The molecule has 138 valence electrons. The fourth-order valence-electron chi connectivity index (χ4n) is 5.06. The van der Waals surface area contributed by atoms with Gasteiger partial charge in [-0.2, -0.15) is 0 Å². The summed E-state index contributed by atoms with van der Waals surface area (Å²) < 4.78 is 17.4. The number of piperidine rings is 2. The van der Waals surface area contributed by atoms with Crippen LogP contribution in [0.3, 0.4) is 0 Å². The fourth-order valence-corrected chi connectivity index (χ4v) is 5.06. The Hall–Kier alpha value is -0.200. The van der Waals surface area contributed by atoms with Crippen molar-refractivity contribution in [1.29, 1.82) is 0 Å². The second kappa shape index (κ2) is 7.20. The van der Waals surface area contributed by atoms with Gasteiger partial charge in [0.15, 0.2) is 0 Å². The maximum absolute atomic E-state index is 6.29. The molecule has 0 aromatic heterocycles. The minimum Gasteiger partial charge on any atom is -0.381 e. The Morgan fingerprint density at radius 3 is 2.08 bits per heavy atom. The number of likely N-dealkylation sites (tertiary alicyclic amines) is 2. The monoisotopic (exact) mass is 338 g/mol.